The summed E-state index contributed by atoms with van der Waals surface area (Å²) in [5.74, 6) is -0.416. The van der Waals surface area contributed by atoms with E-state index in [0.29, 0.717) is 17.8 Å². The molecule has 7 heteroatoms. The van der Waals surface area contributed by atoms with E-state index in [9.17, 15) is 14.3 Å². The quantitative estimate of drug-likeness (QED) is 0.701. The standard InChI is InChI=1S/C23H21FN4O2/c24-18-4-2-1-3-15(18)14-5-6-19-17(11-14)22-16(21(13-29)27-19)7-10-28(22)23(30)20-12-25-8-9-26-20/h1-6,8-9,11-12,16,21-22,27,29H,7,10,13H2/t16-,21+,22-/m1/s1. The third-order valence-electron chi connectivity index (χ3n) is 6.10. The molecule has 6 nitrogen and oxygen atoms in total. The summed E-state index contributed by atoms with van der Waals surface area (Å²) in [5.41, 5.74) is 3.36. The van der Waals surface area contributed by atoms with Crippen molar-refractivity contribution in [2.75, 3.05) is 18.5 Å². The number of carbonyl (C=O) groups is 1. The maximum absolute atomic E-state index is 14.4. The first-order valence-electron chi connectivity index (χ1n) is 10.0. The molecule has 5 rings (SSSR count). The molecule has 3 atom stereocenters. The highest BCUT2D eigenvalue weighted by molar-refractivity contribution is 5.93. The number of nitrogens with zero attached hydrogens (tertiary/aromatic N) is 3. The van der Waals surface area contributed by atoms with Gasteiger partial charge in [-0.05, 0) is 35.7 Å². The molecule has 0 radical (unpaired) electrons. The van der Waals surface area contributed by atoms with Crippen molar-refractivity contribution in [2.24, 2.45) is 5.92 Å². The average molecular weight is 404 g/mol. The molecular weight excluding hydrogens is 383 g/mol. The Morgan fingerprint density at radius 2 is 2.10 bits per heavy atom. The third kappa shape index (κ3) is 3.02. The van der Waals surface area contributed by atoms with Crippen molar-refractivity contribution in [1.29, 1.82) is 0 Å². The highest BCUT2D eigenvalue weighted by Gasteiger charge is 2.46. The normalized spacial score (nSPS) is 22.2. The van der Waals surface area contributed by atoms with E-state index in [4.69, 9.17) is 0 Å². The highest BCUT2D eigenvalue weighted by atomic mass is 19.1. The largest absolute Gasteiger partial charge is 0.394 e. The molecule has 2 N–H and O–H groups in total. The smallest absolute Gasteiger partial charge is 0.274 e. The van der Waals surface area contributed by atoms with Gasteiger partial charge in [0.05, 0.1) is 24.9 Å². The molecule has 2 aromatic carbocycles. The molecule has 152 valence electrons. The number of likely N-dealkylation sites (tertiary alicyclic amines) is 1. The zero-order valence-corrected chi connectivity index (χ0v) is 16.2. The maximum Gasteiger partial charge on any atom is 0.274 e. The summed E-state index contributed by atoms with van der Waals surface area (Å²) >= 11 is 0. The molecule has 0 aliphatic carbocycles. The lowest BCUT2D eigenvalue weighted by Crippen LogP contribution is -2.43. The molecule has 2 aliphatic rings. The van der Waals surface area contributed by atoms with Gasteiger partial charge in [0.1, 0.15) is 11.5 Å². The van der Waals surface area contributed by atoms with Gasteiger partial charge < -0.3 is 15.3 Å². The molecule has 30 heavy (non-hydrogen) atoms. The van der Waals surface area contributed by atoms with Gasteiger partial charge >= 0.3 is 0 Å². The Morgan fingerprint density at radius 3 is 2.87 bits per heavy atom. The second-order valence-electron chi connectivity index (χ2n) is 7.70. The predicted molar refractivity (Wildman–Crippen MR) is 110 cm³/mol. The lowest BCUT2D eigenvalue weighted by atomic mass is 9.82. The number of amides is 1. The van der Waals surface area contributed by atoms with Gasteiger partial charge in [0.2, 0.25) is 0 Å². The van der Waals surface area contributed by atoms with Crippen molar-refractivity contribution in [3.05, 3.63) is 78.1 Å². The lowest BCUT2D eigenvalue weighted by Gasteiger charge is -2.39. The number of aliphatic hydroxyl groups is 1. The van der Waals surface area contributed by atoms with Gasteiger partial charge in [0, 0.05) is 36.1 Å². The molecule has 0 spiro atoms. The zero-order chi connectivity index (χ0) is 20.7. The summed E-state index contributed by atoms with van der Waals surface area (Å²) in [7, 11) is 0. The fourth-order valence-electron chi connectivity index (χ4n) is 4.71. The van der Waals surface area contributed by atoms with Crippen LogP contribution >= 0.6 is 0 Å². The molecule has 1 amide bonds. The number of rotatable bonds is 3. The number of carbonyl (C=O) groups excluding carboxylic acids is 1. The van der Waals surface area contributed by atoms with Crippen LogP contribution < -0.4 is 5.32 Å². The third-order valence-corrected chi connectivity index (χ3v) is 6.10. The minimum absolute atomic E-state index is 0.0250. The van der Waals surface area contributed by atoms with Crippen molar-refractivity contribution in [2.45, 2.75) is 18.5 Å². The summed E-state index contributed by atoms with van der Waals surface area (Å²) < 4.78 is 14.4. The van der Waals surface area contributed by atoms with Crippen molar-refractivity contribution in [3.8, 4) is 11.1 Å². The average Bonchev–Trinajstić information content (AvgIpc) is 3.24. The fourth-order valence-corrected chi connectivity index (χ4v) is 4.71. The van der Waals surface area contributed by atoms with Gasteiger partial charge in [0.15, 0.2) is 0 Å². The molecule has 2 aliphatic heterocycles. The van der Waals surface area contributed by atoms with Crippen LogP contribution in [-0.2, 0) is 0 Å². The second kappa shape index (κ2) is 7.50. The Kier molecular flexibility index (Phi) is 4.67. The number of aliphatic hydroxyl groups excluding tert-OH is 1. The van der Waals surface area contributed by atoms with E-state index in [1.54, 1.807) is 18.2 Å². The van der Waals surface area contributed by atoms with Crippen LogP contribution in [0.2, 0.25) is 0 Å². The van der Waals surface area contributed by atoms with E-state index in [1.165, 1.54) is 24.7 Å². The Bertz CT molecular complexity index is 1090. The van der Waals surface area contributed by atoms with Crippen LogP contribution in [0, 0.1) is 11.7 Å². The monoisotopic (exact) mass is 404 g/mol. The molecule has 0 unspecified atom stereocenters. The zero-order valence-electron chi connectivity index (χ0n) is 16.2. The van der Waals surface area contributed by atoms with Crippen LogP contribution in [0.1, 0.15) is 28.5 Å². The minimum atomic E-state index is -0.287. The van der Waals surface area contributed by atoms with Crippen LogP contribution in [0.4, 0.5) is 10.1 Å². The van der Waals surface area contributed by atoms with E-state index >= 15 is 0 Å². The molecule has 1 fully saturated rings. The summed E-state index contributed by atoms with van der Waals surface area (Å²) in [6.45, 7) is 0.537. The summed E-state index contributed by atoms with van der Waals surface area (Å²) in [6, 6.07) is 12.0. The Balaban J connectivity index is 1.59. The van der Waals surface area contributed by atoms with Gasteiger partial charge in [0.25, 0.3) is 5.91 Å². The van der Waals surface area contributed by atoms with Crippen LogP contribution in [0.5, 0.6) is 0 Å². The lowest BCUT2D eigenvalue weighted by molar-refractivity contribution is 0.0694. The van der Waals surface area contributed by atoms with Crippen molar-refractivity contribution in [1.82, 2.24) is 14.9 Å². The van der Waals surface area contributed by atoms with E-state index < -0.39 is 0 Å². The van der Waals surface area contributed by atoms with Crippen LogP contribution in [0.3, 0.4) is 0 Å². The summed E-state index contributed by atoms with van der Waals surface area (Å²) in [6.07, 6.45) is 5.27. The van der Waals surface area contributed by atoms with Gasteiger partial charge in [-0.15, -0.1) is 0 Å². The molecule has 0 bridgehead atoms. The SMILES string of the molecule is O=C(c1cnccn1)N1CC[C@@H]2[C@H](CO)Nc3ccc(-c4ccccc4F)cc3[C@@H]21. The molecule has 0 saturated carbocycles. The number of benzene rings is 2. The second-order valence-corrected chi connectivity index (χ2v) is 7.70. The number of halogens is 1. The van der Waals surface area contributed by atoms with Gasteiger partial charge in [-0.1, -0.05) is 24.3 Å². The van der Waals surface area contributed by atoms with Crippen molar-refractivity contribution in [3.63, 3.8) is 0 Å². The first-order valence-corrected chi connectivity index (χ1v) is 10.0. The number of anilines is 1. The highest BCUT2D eigenvalue weighted by Crippen LogP contribution is 2.47. The first-order chi connectivity index (χ1) is 14.7. The molecule has 1 saturated heterocycles. The number of aromatic nitrogens is 2. The summed E-state index contributed by atoms with van der Waals surface area (Å²) in [4.78, 5) is 23.2. The number of hydrogen-bond donors (Lipinski definition) is 2. The molecule has 1 aromatic heterocycles. The summed E-state index contributed by atoms with van der Waals surface area (Å²) in [5, 5.41) is 13.3. The van der Waals surface area contributed by atoms with E-state index in [1.807, 2.05) is 23.1 Å². The number of fused-ring (bicyclic) bond motifs is 3. The van der Waals surface area contributed by atoms with Gasteiger partial charge in [-0.25, -0.2) is 9.37 Å². The Labute approximate surface area is 173 Å². The van der Waals surface area contributed by atoms with Crippen LogP contribution in [0.25, 0.3) is 11.1 Å². The molecule has 3 heterocycles. The number of hydrogen-bond acceptors (Lipinski definition) is 5. The van der Waals surface area contributed by atoms with Crippen molar-refractivity contribution < 1.29 is 14.3 Å². The fraction of sp³-hybridized carbons (Fsp3) is 0.261. The predicted octanol–water partition coefficient (Wildman–Crippen LogP) is 3.27. The van der Waals surface area contributed by atoms with Crippen LogP contribution in [-0.4, -0.2) is 45.1 Å². The van der Waals surface area contributed by atoms with E-state index in [2.05, 4.69) is 15.3 Å². The number of nitrogens with one attached hydrogen (secondary N) is 1. The van der Waals surface area contributed by atoms with Gasteiger partial charge in [-0.3, -0.25) is 9.78 Å². The first kappa shape index (κ1) is 18.7. The van der Waals surface area contributed by atoms with Gasteiger partial charge in [-0.2, -0.15) is 0 Å². The Hall–Kier alpha value is -3.32. The minimum Gasteiger partial charge on any atom is -0.394 e. The molecule has 3 aromatic rings. The Morgan fingerprint density at radius 1 is 1.23 bits per heavy atom. The van der Waals surface area contributed by atoms with E-state index in [0.717, 1.165) is 23.2 Å². The maximum atomic E-state index is 14.4. The topological polar surface area (TPSA) is 78.4 Å². The van der Waals surface area contributed by atoms with Crippen LogP contribution in [0.15, 0.2) is 61.1 Å². The molecular formula is C23H21FN4O2. The van der Waals surface area contributed by atoms with Crippen molar-refractivity contribution >= 4 is 11.6 Å². The van der Waals surface area contributed by atoms with E-state index in [-0.39, 0.29) is 36.3 Å².